The number of carbonyl (C=O) groups excluding carboxylic acids is 2. The monoisotopic (exact) mass is 568 g/mol. The number of nitrogens with zero attached hydrogens (tertiary/aromatic N) is 1. The van der Waals surface area contributed by atoms with Gasteiger partial charge in [0.15, 0.2) is 6.10 Å². The summed E-state index contributed by atoms with van der Waals surface area (Å²) in [7, 11) is 0. The fourth-order valence-electron chi connectivity index (χ4n) is 2.57. The van der Waals surface area contributed by atoms with Crippen LogP contribution in [0.1, 0.15) is 22.8 Å². The molecule has 6 nitrogen and oxygen atoms in total. The van der Waals surface area contributed by atoms with Crippen molar-refractivity contribution in [2.45, 2.75) is 13.0 Å². The number of hydrazone groups is 1. The van der Waals surface area contributed by atoms with Crippen molar-refractivity contribution in [1.29, 1.82) is 0 Å². The van der Waals surface area contributed by atoms with Crippen LogP contribution in [-0.4, -0.2) is 24.2 Å². The Kier molecular flexibility index (Phi) is 8.74. The lowest BCUT2D eigenvalue weighted by atomic mass is 10.2. The summed E-state index contributed by atoms with van der Waals surface area (Å²) in [5, 5.41) is 4.95. The van der Waals surface area contributed by atoms with Gasteiger partial charge in [0.2, 0.25) is 0 Å². The minimum absolute atomic E-state index is 0.227. The molecule has 1 unspecified atom stereocenters. The van der Waals surface area contributed by atoms with Crippen LogP contribution in [0.25, 0.3) is 0 Å². The van der Waals surface area contributed by atoms with E-state index in [1.807, 2.05) is 0 Å². The Morgan fingerprint density at radius 2 is 1.73 bits per heavy atom. The van der Waals surface area contributed by atoms with Gasteiger partial charge in [-0.25, -0.2) is 10.2 Å². The number of amides is 1. The number of hydrogen-bond donors (Lipinski definition) is 1. The molecular weight excluding hydrogens is 555 g/mol. The van der Waals surface area contributed by atoms with Gasteiger partial charge in [0.05, 0.1) is 21.8 Å². The molecule has 0 heterocycles. The van der Waals surface area contributed by atoms with Crippen LogP contribution in [0, 0.1) is 0 Å². The van der Waals surface area contributed by atoms with E-state index in [0.717, 1.165) is 4.47 Å². The lowest BCUT2D eigenvalue weighted by Gasteiger charge is -2.14. The van der Waals surface area contributed by atoms with Gasteiger partial charge in [-0.15, -0.1) is 0 Å². The molecule has 0 aromatic heterocycles. The van der Waals surface area contributed by atoms with Crippen molar-refractivity contribution in [2.75, 3.05) is 0 Å². The Hall–Kier alpha value is -2.58. The molecule has 1 amide bonds. The van der Waals surface area contributed by atoms with Crippen molar-refractivity contribution in [3.63, 3.8) is 0 Å². The predicted octanol–water partition coefficient (Wildman–Crippen LogP) is 6.55. The first-order valence-corrected chi connectivity index (χ1v) is 11.4. The van der Waals surface area contributed by atoms with Gasteiger partial charge in [-0.2, -0.15) is 5.10 Å². The third-order valence-electron chi connectivity index (χ3n) is 4.21. The van der Waals surface area contributed by atoms with E-state index >= 15 is 0 Å². The molecule has 10 heteroatoms. The van der Waals surface area contributed by atoms with Gasteiger partial charge in [0, 0.05) is 15.1 Å². The molecule has 1 N–H and O–H groups in total. The Morgan fingerprint density at radius 3 is 2.45 bits per heavy atom. The zero-order valence-electron chi connectivity index (χ0n) is 17.0. The summed E-state index contributed by atoms with van der Waals surface area (Å²) in [6.45, 7) is 1.55. The SMILES string of the molecule is CC(Oc1ccc(Cl)cc1Cl)C(=O)N/N=C/c1cc(Br)ccc1OC(=O)c1ccccc1Cl. The third-order valence-corrected chi connectivity index (χ3v) is 5.57. The average Bonchev–Trinajstić information content (AvgIpc) is 2.77. The third kappa shape index (κ3) is 6.95. The minimum Gasteiger partial charge on any atom is -0.479 e. The molecule has 0 spiro atoms. The quantitative estimate of drug-likeness (QED) is 0.151. The van der Waals surface area contributed by atoms with Crippen LogP contribution < -0.4 is 14.9 Å². The number of esters is 1. The molecule has 0 saturated carbocycles. The highest BCUT2D eigenvalue weighted by Gasteiger charge is 2.17. The van der Waals surface area contributed by atoms with Crippen molar-refractivity contribution in [2.24, 2.45) is 5.10 Å². The summed E-state index contributed by atoms with van der Waals surface area (Å²) in [5.41, 5.74) is 3.05. The van der Waals surface area contributed by atoms with Gasteiger partial charge in [-0.3, -0.25) is 4.79 Å². The van der Waals surface area contributed by atoms with E-state index in [-0.39, 0.29) is 21.4 Å². The molecule has 3 aromatic rings. The van der Waals surface area contributed by atoms with E-state index in [1.165, 1.54) is 12.3 Å². The molecular formula is C23H16BrCl3N2O4. The number of halogens is 4. The summed E-state index contributed by atoms with van der Waals surface area (Å²) in [5.74, 6) is -0.586. The summed E-state index contributed by atoms with van der Waals surface area (Å²) in [6.07, 6.45) is 0.459. The van der Waals surface area contributed by atoms with Gasteiger partial charge in [-0.1, -0.05) is 62.9 Å². The fourth-order valence-corrected chi connectivity index (χ4v) is 3.61. The predicted molar refractivity (Wildman–Crippen MR) is 133 cm³/mol. The fraction of sp³-hybridized carbons (Fsp3) is 0.0870. The number of benzene rings is 3. The maximum absolute atomic E-state index is 12.5. The Morgan fingerprint density at radius 1 is 1.00 bits per heavy atom. The van der Waals surface area contributed by atoms with Crippen molar-refractivity contribution in [1.82, 2.24) is 5.43 Å². The first kappa shape index (κ1) is 25.1. The molecule has 1 atom stereocenters. The molecule has 3 aromatic carbocycles. The summed E-state index contributed by atoms with van der Waals surface area (Å²) in [6, 6.07) is 16.2. The van der Waals surface area contributed by atoms with Crippen molar-refractivity contribution < 1.29 is 19.1 Å². The average molecular weight is 571 g/mol. The minimum atomic E-state index is -0.888. The second-order valence-corrected chi connectivity index (χ2v) is 8.79. The van der Waals surface area contributed by atoms with Crippen LogP contribution in [0.3, 0.4) is 0 Å². The van der Waals surface area contributed by atoms with Crippen LogP contribution in [0.4, 0.5) is 0 Å². The second-order valence-electron chi connectivity index (χ2n) is 6.62. The van der Waals surface area contributed by atoms with E-state index in [1.54, 1.807) is 61.5 Å². The summed E-state index contributed by atoms with van der Waals surface area (Å²) < 4.78 is 11.8. The number of hydrogen-bond acceptors (Lipinski definition) is 5. The molecule has 0 aliphatic carbocycles. The van der Waals surface area contributed by atoms with Crippen LogP contribution >= 0.6 is 50.7 Å². The Labute approximate surface area is 213 Å². The highest BCUT2D eigenvalue weighted by atomic mass is 79.9. The molecule has 0 radical (unpaired) electrons. The zero-order chi connectivity index (χ0) is 24.0. The smallest absolute Gasteiger partial charge is 0.345 e. The zero-order valence-corrected chi connectivity index (χ0v) is 20.9. The highest BCUT2D eigenvalue weighted by molar-refractivity contribution is 9.10. The molecule has 0 bridgehead atoms. The Bertz CT molecular complexity index is 1220. The van der Waals surface area contributed by atoms with E-state index in [0.29, 0.717) is 16.3 Å². The number of nitrogens with one attached hydrogen (secondary N) is 1. The van der Waals surface area contributed by atoms with Gasteiger partial charge >= 0.3 is 5.97 Å². The highest BCUT2D eigenvalue weighted by Crippen LogP contribution is 2.28. The summed E-state index contributed by atoms with van der Waals surface area (Å²) >= 11 is 21.4. The molecule has 0 fully saturated rings. The maximum Gasteiger partial charge on any atom is 0.345 e. The maximum atomic E-state index is 12.5. The van der Waals surface area contributed by atoms with E-state index in [9.17, 15) is 9.59 Å². The molecule has 0 aliphatic heterocycles. The van der Waals surface area contributed by atoms with E-state index in [4.69, 9.17) is 44.3 Å². The number of carbonyl (C=O) groups is 2. The first-order chi connectivity index (χ1) is 15.7. The lowest BCUT2D eigenvalue weighted by molar-refractivity contribution is -0.127. The van der Waals surface area contributed by atoms with Gasteiger partial charge in [-0.05, 0) is 55.5 Å². The van der Waals surface area contributed by atoms with Crippen molar-refractivity contribution >= 4 is 68.8 Å². The molecule has 33 heavy (non-hydrogen) atoms. The second kappa shape index (κ2) is 11.5. The van der Waals surface area contributed by atoms with E-state index < -0.39 is 18.0 Å². The Balaban J connectivity index is 1.68. The standard InChI is InChI=1S/C23H16BrCl3N2O4/c1-13(32-21-9-7-16(25)11-19(21)27)22(30)29-28-12-14-10-15(24)6-8-20(14)33-23(31)17-4-2-3-5-18(17)26/h2-13H,1H3,(H,29,30)/b28-12+. The van der Waals surface area contributed by atoms with Gasteiger partial charge in [0.25, 0.3) is 5.91 Å². The summed E-state index contributed by atoms with van der Waals surface area (Å²) in [4.78, 5) is 24.8. The first-order valence-electron chi connectivity index (χ1n) is 9.45. The molecule has 170 valence electrons. The van der Waals surface area contributed by atoms with Gasteiger partial charge in [0.1, 0.15) is 11.5 Å². The van der Waals surface area contributed by atoms with Crippen LogP contribution in [0.2, 0.25) is 15.1 Å². The normalized spacial score (nSPS) is 11.8. The molecule has 3 rings (SSSR count). The van der Waals surface area contributed by atoms with Crippen LogP contribution in [0.15, 0.2) is 70.2 Å². The number of rotatable bonds is 7. The van der Waals surface area contributed by atoms with Gasteiger partial charge < -0.3 is 9.47 Å². The topological polar surface area (TPSA) is 77.0 Å². The van der Waals surface area contributed by atoms with Crippen molar-refractivity contribution in [3.05, 3.63) is 91.3 Å². The van der Waals surface area contributed by atoms with Crippen LogP contribution in [0.5, 0.6) is 11.5 Å². The largest absolute Gasteiger partial charge is 0.479 e. The van der Waals surface area contributed by atoms with Crippen LogP contribution in [-0.2, 0) is 4.79 Å². The number of ether oxygens (including phenoxy) is 2. The lowest BCUT2D eigenvalue weighted by Crippen LogP contribution is -2.33. The molecule has 0 aliphatic rings. The van der Waals surface area contributed by atoms with E-state index in [2.05, 4.69) is 26.5 Å². The molecule has 0 saturated heterocycles. The van der Waals surface area contributed by atoms with Crippen molar-refractivity contribution in [3.8, 4) is 11.5 Å².